The van der Waals surface area contributed by atoms with Gasteiger partial charge in [0, 0.05) is 25.7 Å². The quantitative estimate of drug-likeness (QED) is 0.573. The summed E-state index contributed by atoms with van der Waals surface area (Å²) in [6.07, 6.45) is 1.98. The zero-order chi connectivity index (χ0) is 10.1. The lowest BCUT2D eigenvalue weighted by molar-refractivity contribution is 0.642. The van der Waals surface area contributed by atoms with Gasteiger partial charge in [0.2, 0.25) is 0 Å². The standard InChI is InChI=1S/C10H8BrFS2/c1-13-8-2-6(4-11)3-9-10(8)7(12)5-14-9/h2-3,5H,4H2,1H3. The summed E-state index contributed by atoms with van der Waals surface area (Å²) in [5.41, 5.74) is 1.20. The van der Waals surface area contributed by atoms with E-state index in [1.54, 1.807) is 17.1 Å². The molecule has 0 amide bonds. The summed E-state index contributed by atoms with van der Waals surface area (Å²) in [4.78, 5) is 1.02. The molecule has 0 spiro atoms. The Morgan fingerprint density at radius 2 is 2.29 bits per heavy atom. The monoisotopic (exact) mass is 290 g/mol. The predicted molar refractivity (Wildman–Crippen MR) is 66.2 cm³/mol. The van der Waals surface area contributed by atoms with Crippen LogP contribution in [0.2, 0.25) is 0 Å². The van der Waals surface area contributed by atoms with Crippen LogP contribution in [0.4, 0.5) is 4.39 Å². The molecule has 0 nitrogen and oxygen atoms in total. The Morgan fingerprint density at radius 3 is 2.93 bits per heavy atom. The molecule has 14 heavy (non-hydrogen) atoms. The third-order valence-corrected chi connectivity index (χ3v) is 4.34. The Hall–Kier alpha value is -0.0600. The Balaban J connectivity index is 2.76. The van der Waals surface area contributed by atoms with Crippen molar-refractivity contribution in [1.29, 1.82) is 0 Å². The number of hydrogen-bond acceptors (Lipinski definition) is 2. The molecule has 0 bridgehead atoms. The molecule has 1 aromatic carbocycles. The highest BCUT2D eigenvalue weighted by Crippen LogP contribution is 2.34. The van der Waals surface area contributed by atoms with Crippen LogP contribution in [0.25, 0.3) is 10.1 Å². The van der Waals surface area contributed by atoms with Crippen LogP contribution < -0.4 is 0 Å². The largest absolute Gasteiger partial charge is 0.205 e. The van der Waals surface area contributed by atoms with Gasteiger partial charge in [-0.1, -0.05) is 15.9 Å². The Morgan fingerprint density at radius 1 is 1.50 bits per heavy atom. The second kappa shape index (κ2) is 4.21. The van der Waals surface area contributed by atoms with Crippen LogP contribution in [0.3, 0.4) is 0 Å². The molecular formula is C10H8BrFS2. The molecule has 2 aromatic rings. The van der Waals surface area contributed by atoms with E-state index < -0.39 is 0 Å². The van der Waals surface area contributed by atoms with Crippen molar-refractivity contribution in [3.8, 4) is 0 Å². The maximum atomic E-state index is 13.4. The minimum Gasteiger partial charge on any atom is -0.205 e. The molecule has 74 valence electrons. The third-order valence-electron chi connectivity index (χ3n) is 2.03. The zero-order valence-corrected chi connectivity index (χ0v) is 10.7. The Bertz CT molecular complexity index is 464. The minimum atomic E-state index is -0.101. The van der Waals surface area contributed by atoms with Gasteiger partial charge < -0.3 is 0 Å². The van der Waals surface area contributed by atoms with Crippen molar-refractivity contribution in [2.75, 3.05) is 6.26 Å². The van der Waals surface area contributed by atoms with Gasteiger partial charge in [-0.25, -0.2) is 4.39 Å². The highest BCUT2D eigenvalue weighted by atomic mass is 79.9. The average molecular weight is 291 g/mol. The van der Waals surface area contributed by atoms with Crippen LogP contribution in [0.15, 0.2) is 22.4 Å². The van der Waals surface area contributed by atoms with Gasteiger partial charge in [-0.3, -0.25) is 0 Å². The first-order valence-electron chi connectivity index (χ1n) is 4.06. The predicted octanol–water partition coefficient (Wildman–Crippen LogP) is 4.66. The molecule has 1 heterocycles. The van der Waals surface area contributed by atoms with E-state index in [1.807, 2.05) is 18.4 Å². The zero-order valence-electron chi connectivity index (χ0n) is 7.51. The van der Waals surface area contributed by atoms with Gasteiger partial charge >= 0.3 is 0 Å². The van der Waals surface area contributed by atoms with E-state index >= 15 is 0 Å². The lowest BCUT2D eigenvalue weighted by Gasteiger charge is -2.02. The van der Waals surface area contributed by atoms with E-state index in [4.69, 9.17) is 0 Å². The Kier molecular flexibility index (Phi) is 3.14. The Labute approximate surface area is 98.6 Å². The third kappa shape index (κ3) is 1.71. The average Bonchev–Trinajstić information content (AvgIpc) is 2.59. The number of hydrogen-bond donors (Lipinski definition) is 0. The van der Waals surface area contributed by atoms with Crippen LogP contribution in [0.5, 0.6) is 0 Å². The lowest BCUT2D eigenvalue weighted by atomic mass is 10.2. The second-order valence-corrected chi connectivity index (χ2v) is 5.21. The van der Waals surface area contributed by atoms with Crippen molar-refractivity contribution in [3.63, 3.8) is 0 Å². The molecule has 0 fully saturated rings. The van der Waals surface area contributed by atoms with Gasteiger partial charge in [0.25, 0.3) is 0 Å². The number of thioether (sulfide) groups is 1. The molecule has 0 N–H and O–H groups in total. The maximum Gasteiger partial charge on any atom is 0.142 e. The molecule has 0 aliphatic carbocycles. The normalized spacial score (nSPS) is 11.1. The highest BCUT2D eigenvalue weighted by molar-refractivity contribution is 9.08. The van der Waals surface area contributed by atoms with E-state index in [0.717, 1.165) is 20.3 Å². The number of alkyl halides is 1. The van der Waals surface area contributed by atoms with Crippen molar-refractivity contribution in [2.45, 2.75) is 10.2 Å². The molecule has 0 saturated carbocycles. The summed E-state index contributed by atoms with van der Waals surface area (Å²) in [5.74, 6) is -0.101. The fraction of sp³-hybridized carbons (Fsp3) is 0.200. The molecular weight excluding hydrogens is 283 g/mol. The van der Waals surface area contributed by atoms with Crippen LogP contribution in [-0.4, -0.2) is 6.26 Å². The van der Waals surface area contributed by atoms with E-state index in [2.05, 4.69) is 15.9 Å². The maximum absolute atomic E-state index is 13.4. The van der Waals surface area contributed by atoms with Crippen molar-refractivity contribution in [1.82, 2.24) is 0 Å². The molecule has 0 atom stereocenters. The number of thiophene rings is 1. The molecule has 0 unspecified atom stereocenters. The molecule has 4 heteroatoms. The SMILES string of the molecule is CSc1cc(CBr)cc2scc(F)c12. The van der Waals surface area contributed by atoms with Gasteiger partial charge in [0.1, 0.15) is 5.82 Å². The molecule has 0 aliphatic heterocycles. The number of fused-ring (bicyclic) bond motifs is 1. The first-order chi connectivity index (χ1) is 6.76. The molecule has 0 saturated heterocycles. The molecule has 0 radical (unpaired) electrons. The first-order valence-corrected chi connectivity index (χ1v) is 7.28. The van der Waals surface area contributed by atoms with E-state index in [9.17, 15) is 4.39 Å². The molecule has 0 aliphatic rings. The van der Waals surface area contributed by atoms with Gasteiger partial charge in [0.15, 0.2) is 0 Å². The highest BCUT2D eigenvalue weighted by Gasteiger charge is 2.09. The fourth-order valence-electron chi connectivity index (χ4n) is 1.38. The number of rotatable bonds is 2. The summed E-state index contributed by atoms with van der Waals surface area (Å²) in [5, 5.41) is 3.16. The first kappa shape index (κ1) is 10.5. The van der Waals surface area contributed by atoms with Crippen LogP contribution in [0.1, 0.15) is 5.56 Å². The smallest absolute Gasteiger partial charge is 0.142 e. The van der Waals surface area contributed by atoms with Crippen LogP contribution in [0, 0.1) is 5.82 Å². The lowest BCUT2D eigenvalue weighted by Crippen LogP contribution is -1.81. The van der Waals surface area contributed by atoms with Gasteiger partial charge in [-0.05, 0) is 24.0 Å². The fourth-order valence-corrected chi connectivity index (χ4v) is 3.35. The number of benzene rings is 1. The summed E-state index contributed by atoms with van der Waals surface area (Å²) >= 11 is 6.47. The van der Waals surface area contributed by atoms with Gasteiger partial charge in [-0.2, -0.15) is 0 Å². The topological polar surface area (TPSA) is 0 Å². The number of halogens is 2. The van der Waals surface area contributed by atoms with Crippen molar-refractivity contribution in [2.24, 2.45) is 0 Å². The molecule has 2 rings (SSSR count). The van der Waals surface area contributed by atoms with Crippen molar-refractivity contribution >= 4 is 49.1 Å². The van der Waals surface area contributed by atoms with Crippen molar-refractivity contribution in [3.05, 3.63) is 28.9 Å². The molecule has 1 aromatic heterocycles. The van der Waals surface area contributed by atoms with Gasteiger partial charge in [-0.15, -0.1) is 23.1 Å². The van der Waals surface area contributed by atoms with E-state index in [1.165, 1.54) is 16.9 Å². The van der Waals surface area contributed by atoms with Gasteiger partial charge in [0.05, 0.1) is 0 Å². The minimum absolute atomic E-state index is 0.101. The van der Waals surface area contributed by atoms with E-state index in [0.29, 0.717) is 0 Å². The second-order valence-electron chi connectivity index (χ2n) is 2.89. The van der Waals surface area contributed by atoms with Crippen LogP contribution in [-0.2, 0) is 5.33 Å². The van der Waals surface area contributed by atoms with E-state index in [-0.39, 0.29) is 5.82 Å². The summed E-state index contributed by atoms with van der Waals surface area (Å²) in [7, 11) is 0. The summed E-state index contributed by atoms with van der Waals surface area (Å²) in [6.45, 7) is 0. The van der Waals surface area contributed by atoms with Crippen LogP contribution >= 0.6 is 39.0 Å². The summed E-state index contributed by atoms with van der Waals surface area (Å²) in [6, 6.07) is 4.08. The van der Waals surface area contributed by atoms with Crippen molar-refractivity contribution < 1.29 is 4.39 Å². The summed E-state index contributed by atoms with van der Waals surface area (Å²) < 4.78 is 14.4.